The van der Waals surface area contributed by atoms with Gasteiger partial charge in [-0.1, -0.05) is 0 Å². The number of amides is 1. The van der Waals surface area contributed by atoms with Crippen LogP contribution >= 0.6 is 0 Å². The van der Waals surface area contributed by atoms with Crippen LogP contribution in [0.5, 0.6) is 0 Å². The van der Waals surface area contributed by atoms with E-state index in [4.69, 9.17) is 0 Å². The Morgan fingerprint density at radius 2 is 2.09 bits per heavy atom. The van der Waals surface area contributed by atoms with Gasteiger partial charge in [-0.25, -0.2) is 18.7 Å². The van der Waals surface area contributed by atoms with E-state index in [9.17, 15) is 18.4 Å². The van der Waals surface area contributed by atoms with Crippen molar-refractivity contribution in [3.63, 3.8) is 0 Å². The lowest BCUT2D eigenvalue weighted by atomic mass is 10.3. The summed E-state index contributed by atoms with van der Waals surface area (Å²) in [4.78, 5) is 33.9. The van der Waals surface area contributed by atoms with Crippen molar-refractivity contribution in [2.24, 2.45) is 0 Å². The number of aromatic nitrogens is 5. The lowest BCUT2D eigenvalue weighted by molar-refractivity contribution is 0.0949. The highest BCUT2D eigenvalue weighted by Gasteiger charge is 2.39. The SMILES string of the molecule is CNc1cc(Nc2cccn(-c3ncccc3F)c2=O)nc2c(C(=O)N[C@@H]3C[C@@H]3F)cnn12. The maximum absolute atomic E-state index is 14.2. The standard InChI is InChI=1S/C21H18F2N8O2/c1-24-17-9-16(29-18-11(10-26-31(17)18)20(32)28-15-8-13(15)23)27-14-5-3-7-30(21(14)33)19-12(22)4-2-6-25-19/h2-7,9-10,13,15,24H,8H2,1H3,(H,27,29)(H,28,32)/t13-,15+/m0/s1. The Hall–Kier alpha value is -4.35. The molecule has 0 saturated heterocycles. The molecular formula is C21H18F2N8O2. The van der Waals surface area contributed by atoms with Crippen molar-refractivity contribution in [3.8, 4) is 5.82 Å². The smallest absolute Gasteiger partial charge is 0.280 e. The summed E-state index contributed by atoms with van der Waals surface area (Å²) in [5, 5.41) is 12.7. The van der Waals surface area contributed by atoms with Gasteiger partial charge in [0.1, 0.15) is 29.1 Å². The highest BCUT2D eigenvalue weighted by molar-refractivity contribution is 6.00. The van der Waals surface area contributed by atoms with Gasteiger partial charge in [0.25, 0.3) is 11.5 Å². The van der Waals surface area contributed by atoms with Crippen molar-refractivity contribution in [1.82, 2.24) is 29.5 Å². The van der Waals surface area contributed by atoms with Crippen LogP contribution in [0.4, 0.5) is 26.1 Å². The van der Waals surface area contributed by atoms with Crippen LogP contribution in [0.25, 0.3) is 11.5 Å². The maximum atomic E-state index is 14.2. The van der Waals surface area contributed by atoms with E-state index in [0.717, 1.165) is 4.57 Å². The minimum Gasteiger partial charge on any atom is -0.373 e. The minimum atomic E-state index is -1.04. The number of carbonyl (C=O) groups is 1. The molecule has 1 saturated carbocycles. The Balaban J connectivity index is 1.52. The number of halogens is 2. The van der Waals surface area contributed by atoms with Crippen LogP contribution in [0.3, 0.4) is 0 Å². The number of hydrogen-bond donors (Lipinski definition) is 3. The van der Waals surface area contributed by atoms with Crippen LogP contribution in [-0.2, 0) is 0 Å². The molecule has 168 valence electrons. The summed E-state index contributed by atoms with van der Waals surface area (Å²) in [6.07, 6.45) is 3.38. The number of hydrogen-bond acceptors (Lipinski definition) is 7. The van der Waals surface area contributed by atoms with Gasteiger partial charge in [-0.15, -0.1) is 0 Å². The maximum Gasteiger partial charge on any atom is 0.280 e. The van der Waals surface area contributed by atoms with Gasteiger partial charge in [-0.05, 0) is 24.3 Å². The number of nitrogens with zero attached hydrogens (tertiary/aromatic N) is 5. The van der Waals surface area contributed by atoms with Gasteiger partial charge in [-0.3, -0.25) is 14.2 Å². The average molecular weight is 452 g/mol. The molecule has 0 bridgehead atoms. The summed E-state index contributed by atoms with van der Waals surface area (Å²) in [5.41, 5.74) is -0.0533. The van der Waals surface area contributed by atoms with Crippen molar-refractivity contribution in [2.75, 3.05) is 17.7 Å². The van der Waals surface area contributed by atoms with Gasteiger partial charge in [-0.2, -0.15) is 9.61 Å². The summed E-state index contributed by atoms with van der Waals surface area (Å²) < 4.78 is 29.9. The number of rotatable bonds is 6. The first kappa shape index (κ1) is 20.5. The zero-order chi connectivity index (χ0) is 23.1. The first-order valence-corrected chi connectivity index (χ1v) is 10.1. The zero-order valence-corrected chi connectivity index (χ0v) is 17.3. The molecule has 0 aliphatic heterocycles. The predicted molar refractivity (Wildman–Crippen MR) is 116 cm³/mol. The Labute approximate surface area is 185 Å². The second-order valence-corrected chi connectivity index (χ2v) is 7.43. The summed E-state index contributed by atoms with van der Waals surface area (Å²) in [7, 11) is 1.66. The fourth-order valence-electron chi connectivity index (χ4n) is 3.37. The monoisotopic (exact) mass is 452 g/mol. The fraction of sp³-hybridized carbons (Fsp3) is 0.190. The van der Waals surface area contributed by atoms with Crippen LogP contribution in [-0.4, -0.2) is 49.3 Å². The van der Waals surface area contributed by atoms with Gasteiger partial charge in [0.05, 0.1) is 12.2 Å². The number of anilines is 3. The molecule has 5 rings (SSSR count). The second kappa shape index (κ2) is 7.97. The van der Waals surface area contributed by atoms with Crippen molar-refractivity contribution in [2.45, 2.75) is 18.6 Å². The van der Waals surface area contributed by atoms with E-state index in [1.54, 1.807) is 19.2 Å². The normalized spacial score (nSPS) is 17.1. The molecule has 1 amide bonds. The number of alkyl halides is 1. The van der Waals surface area contributed by atoms with E-state index in [0.29, 0.717) is 5.82 Å². The zero-order valence-electron chi connectivity index (χ0n) is 17.3. The van der Waals surface area contributed by atoms with E-state index in [2.05, 4.69) is 31.0 Å². The molecule has 1 fully saturated rings. The topological polar surface area (TPSA) is 118 Å². The van der Waals surface area contributed by atoms with Crippen LogP contribution in [0.2, 0.25) is 0 Å². The Kier molecular flexibility index (Phi) is 4.96. The van der Waals surface area contributed by atoms with Crippen molar-refractivity contribution in [1.29, 1.82) is 0 Å². The van der Waals surface area contributed by atoms with E-state index >= 15 is 0 Å². The largest absolute Gasteiger partial charge is 0.373 e. The molecule has 0 unspecified atom stereocenters. The third-order valence-electron chi connectivity index (χ3n) is 5.18. The quantitative estimate of drug-likeness (QED) is 0.410. The number of nitrogens with one attached hydrogen (secondary N) is 3. The fourth-order valence-corrected chi connectivity index (χ4v) is 3.37. The highest BCUT2D eigenvalue weighted by atomic mass is 19.1. The first-order valence-electron chi connectivity index (χ1n) is 10.1. The van der Waals surface area contributed by atoms with Crippen molar-refractivity contribution < 1.29 is 13.6 Å². The van der Waals surface area contributed by atoms with Crippen LogP contribution < -0.4 is 21.5 Å². The summed E-state index contributed by atoms with van der Waals surface area (Å²) in [5.74, 6) is -0.535. The molecule has 0 spiro atoms. The predicted octanol–water partition coefficient (Wildman–Crippen LogP) is 2.04. The Morgan fingerprint density at radius 3 is 2.82 bits per heavy atom. The summed E-state index contributed by atoms with van der Waals surface area (Å²) >= 11 is 0. The molecule has 1 aliphatic carbocycles. The van der Waals surface area contributed by atoms with E-state index in [1.807, 2.05) is 0 Å². The first-order chi connectivity index (χ1) is 16.0. The van der Waals surface area contributed by atoms with E-state index in [-0.39, 0.29) is 35.0 Å². The van der Waals surface area contributed by atoms with Gasteiger partial charge in [0.2, 0.25) is 0 Å². The van der Waals surface area contributed by atoms with Gasteiger partial charge >= 0.3 is 0 Å². The summed E-state index contributed by atoms with van der Waals surface area (Å²) in [6, 6.07) is 6.81. The molecule has 33 heavy (non-hydrogen) atoms. The molecular weight excluding hydrogens is 434 g/mol. The number of carbonyl (C=O) groups excluding carboxylic acids is 1. The molecule has 4 aromatic heterocycles. The Morgan fingerprint density at radius 1 is 1.27 bits per heavy atom. The van der Waals surface area contributed by atoms with Crippen molar-refractivity contribution >= 4 is 28.9 Å². The molecule has 4 heterocycles. The third-order valence-corrected chi connectivity index (χ3v) is 5.18. The van der Waals surface area contributed by atoms with E-state index in [1.165, 1.54) is 41.3 Å². The molecule has 10 nitrogen and oxygen atoms in total. The lowest BCUT2D eigenvalue weighted by Gasteiger charge is -2.12. The van der Waals surface area contributed by atoms with Crippen LogP contribution in [0.1, 0.15) is 16.8 Å². The minimum absolute atomic E-state index is 0.116. The third kappa shape index (κ3) is 3.75. The molecule has 0 aromatic carbocycles. The molecule has 4 aromatic rings. The number of pyridine rings is 2. The van der Waals surface area contributed by atoms with Crippen LogP contribution in [0, 0.1) is 5.82 Å². The highest BCUT2D eigenvalue weighted by Crippen LogP contribution is 2.26. The number of fused-ring (bicyclic) bond motifs is 1. The van der Waals surface area contributed by atoms with Crippen molar-refractivity contribution in [3.05, 3.63) is 70.7 Å². The van der Waals surface area contributed by atoms with Gasteiger partial charge < -0.3 is 16.0 Å². The molecule has 12 heteroatoms. The molecule has 1 aliphatic rings. The molecule has 0 radical (unpaired) electrons. The van der Waals surface area contributed by atoms with E-state index < -0.39 is 29.5 Å². The second-order valence-electron chi connectivity index (χ2n) is 7.43. The van der Waals surface area contributed by atoms with Gasteiger partial charge in [0, 0.05) is 31.9 Å². The average Bonchev–Trinajstić information content (AvgIpc) is 3.32. The van der Waals surface area contributed by atoms with Crippen LogP contribution in [0.15, 0.2) is 53.7 Å². The Bertz CT molecular complexity index is 1430. The lowest BCUT2D eigenvalue weighted by Crippen LogP contribution is -2.27. The van der Waals surface area contributed by atoms with Gasteiger partial charge in [0.15, 0.2) is 17.3 Å². The molecule has 3 N–H and O–H groups in total. The molecule has 2 atom stereocenters. The summed E-state index contributed by atoms with van der Waals surface area (Å²) in [6.45, 7) is 0.